The van der Waals surface area contributed by atoms with Gasteiger partial charge in [0.05, 0.1) is 11.6 Å². The number of hydrogen-bond donors (Lipinski definition) is 1. The molecule has 0 aliphatic heterocycles. The van der Waals surface area contributed by atoms with E-state index in [1.165, 1.54) is 19.1 Å². The Kier molecular flexibility index (Phi) is 7.43. The molecule has 0 heterocycles. The third-order valence-corrected chi connectivity index (χ3v) is 3.65. The molecule has 0 aliphatic carbocycles. The number of halogens is 2. The first kappa shape index (κ1) is 20.5. The zero-order valence-corrected chi connectivity index (χ0v) is 15.6. The van der Waals surface area contributed by atoms with Gasteiger partial charge in [-0.15, -0.1) is 0 Å². The number of esters is 1. The van der Waals surface area contributed by atoms with Crippen molar-refractivity contribution in [2.45, 2.75) is 20.0 Å². The number of amides is 1. The van der Waals surface area contributed by atoms with Crippen LogP contribution < -0.4 is 14.8 Å². The number of nitrogens with one attached hydrogen (secondary N) is 1. The first-order chi connectivity index (χ1) is 12.9. The summed E-state index contributed by atoms with van der Waals surface area (Å²) in [5.41, 5.74) is 0.292. The highest BCUT2D eigenvalue weighted by atomic mass is 35.5. The lowest BCUT2D eigenvalue weighted by Crippen LogP contribution is -2.31. The molecule has 1 N–H and O–H groups in total. The highest BCUT2D eigenvalue weighted by molar-refractivity contribution is 6.31. The maximum atomic E-state index is 13.1. The van der Waals surface area contributed by atoms with Gasteiger partial charge in [-0.05, 0) is 56.3 Å². The smallest absolute Gasteiger partial charge is 0.344 e. The molecule has 0 saturated heterocycles. The van der Waals surface area contributed by atoms with Gasteiger partial charge in [0, 0.05) is 5.69 Å². The van der Waals surface area contributed by atoms with E-state index < -0.39 is 23.8 Å². The molecule has 27 heavy (non-hydrogen) atoms. The second-order valence-corrected chi connectivity index (χ2v) is 5.85. The molecule has 0 radical (unpaired) electrons. The Morgan fingerprint density at radius 1 is 1.11 bits per heavy atom. The normalized spacial score (nSPS) is 11.4. The average Bonchev–Trinajstić information content (AvgIpc) is 2.64. The maximum absolute atomic E-state index is 13.1. The van der Waals surface area contributed by atoms with E-state index in [2.05, 4.69) is 5.32 Å². The minimum Gasteiger partial charge on any atom is -0.494 e. The highest BCUT2D eigenvalue weighted by Crippen LogP contribution is 2.20. The number of rotatable bonds is 8. The summed E-state index contributed by atoms with van der Waals surface area (Å²) in [5.74, 6) is -0.719. The third kappa shape index (κ3) is 6.45. The Hall–Kier alpha value is -2.80. The van der Waals surface area contributed by atoms with Crippen molar-refractivity contribution in [3.63, 3.8) is 0 Å². The van der Waals surface area contributed by atoms with E-state index >= 15 is 0 Å². The SMILES string of the molecule is CCOc1ccc(OCC(=O)OC(C)C(=O)Nc2ccc(F)c(Cl)c2)cc1. The third-order valence-electron chi connectivity index (χ3n) is 3.36. The lowest BCUT2D eigenvalue weighted by molar-refractivity contribution is -0.155. The number of ether oxygens (including phenoxy) is 3. The standard InChI is InChI=1S/C19H19ClFNO5/c1-3-25-14-5-7-15(8-6-14)26-11-18(23)27-12(2)19(24)22-13-4-9-17(21)16(20)10-13/h4-10,12H,3,11H2,1-2H3,(H,22,24). The van der Waals surface area contributed by atoms with Crippen LogP contribution in [-0.2, 0) is 14.3 Å². The van der Waals surface area contributed by atoms with Gasteiger partial charge in [0.15, 0.2) is 12.7 Å². The highest BCUT2D eigenvalue weighted by Gasteiger charge is 2.18. The summed E-state index contributed by atoms with van der Waals surface area (Å²) in [6.07, 6.45) is -1.06. The van der Waals surface area contributed by atoms with Crippen LogP contribution in [0.2, 0.25) is 5.02 Å². The number of hydrogen-bond acceptors (Lipinski definition) is 5. The summed E-state index contributed by atoms with van der Waals surface area (Å²) in [7, 11) is 0. The fourth-order valence-electron chi connectivity index (χ4n) is 2.04. The van der Waals surface area contributed by atoms with E-state index in [4.69, 9.17) is 25.8 Å². The Morgan fingerprint density at radius 3 is 2.33 bits per heavy atom. The Labute approximate surface area is 161 Å². The molecule has 6 nitrogen and oxygen atoms in total. The molecular formula is C19H19ClFNO5. The van der Waals surface area contributed by atoms with Crippen LogP contribution in [0.15, 0.2) is 42.5 Å². The van der Waals surface area contributed by atoms with E-state index in [1.54, 1.807) is 24.3 Å². The zero-order valence-electron chi connectivity index (χ0n) is 14.8. The van der Waals surface area contributed by atoms with Gasteiger partial charge >= 0.3 is 5.97 Å². The minimum atomic E-state index is -1.06. The fraction of sp³-hybridized carbons (Fsp3) is 0.263. The number of benzene rings is 2. The summed E-state index contributed by atoms with van der Waals surface area (Å²) in [6.45, 7) is 3.49. The topological polar surface area (TPSA) is 73.9 Å². The van der Waals surface area contributed by atoms with Gasteiger partial charge < -0.3 is 19.5 Å². The van der Waals surface area contributed by atoms with E-state index in [0.29, 0.717) is 23.8 Å². The van der Waals surface area contributed by atoms with Gasteiger partial charge in [0.1, 0.15) is 17.3 Å². The van der Waals surface area contributed by atoms with Crippen molar-refractivity contribution >= 4 is 29.2 Å². The first-order valence-corrected chi connectivity index (χ1v) is 8.58. The summed E-state index contributed by atoms with van der Waals surface area (Å²) >= 11 is 5.65. The summed E-state index contributed by atoms with van der Waals surface area (Å²) in [5, 5.41) is 2.36. The van der Waals surface area contributed by atoms with E-state index in [-0.39, 0.29) is 11.6 Å². The van der Waals surface area contributed by atoms with Crippen molar-refractivity contribution < 1.29 is 28.2 Å². The summed E-state index contributed by atoms with van der Waals surface area (Å²) in [6, 6.07) is 10.5. The molecule has 0 aromatic heterocycles. The average molecular weight is 396 g/mol. The van der Waals surface area contributed by atoms with Crippen molar-refractivity contribution in [1.82, 2.24) is 0 Å². The molecule has 1 amide bonds. The molecule has 2 aromatic carbocycles. The molecule has 2 rings (SSSR count). The van der Waals surface area contributed by atoms with Crippen LogP contribution >= 0.6 is 11.6 Å². The molecule has 8 heteroatoms. The fourth-order valence-corrected chi connectivity index (χ4v) is 2.22. The Balaban J connectivity index is 1.79. The van der Waals surface area contributed by atoms with Crippen molar-refractivity contribution in [3.8, 4) is 11.5 Å². The van der Waals surface area contributed by atoms with Crippen molar-refractivity contribution in [2.24, 2.45) is 0 Å². The minimum absolute atomic E-state index is 0.124. The second kappa shape index (κ2) is 9.78. The monoisotopic (exact) mass is 395 g/mol. The molecule has 144 valence electrons. The van der Waals surface area contributed by atoms with Gasteiger partial charge in [-0.1, -0.05) is 11.6 Å². The van der Waals surface area contributed by atoms with Crippen molar-refractivity contribution in [1.29, 1.82) is 0 Å². The van der Waals surface area contributed by atoms with Crippen LogP contribution in [-0.4, -0.2) is 31.2 Å². The number of anilines is 1. The summed E-state index contributed by atoms with van der Waals surface area (Å²) in [4.78, 5) is 23.9. The van der Waals surface area contributed by atoms with E-state index in [1.807, 2.05) is 6.92 Å². The molecule has 0 saturated carbocycles. The van der Waals surface area contributed by atoms with Gasteiger partial charge in [0.25, 0.3) is 5.91 Å². The molecule has 0 bridgehead atoms. The van der Waals surface area contributed by atoms with Gasteiger partial charge in [0.2, 0.25) is 0 Å². The molecule has 0 aliphatic rings. The molecule has 2 aromatic rings. The van der Waals surface area contributed by atoms with Crippen LogP contribution in [0.4, 0.5) is 10.1 Å². The van der Waals surface area contributed by atoms with Crippen molar-refractivity contribution in [2.75, 3.05) is 18.5 Å². The van der Waals surface area contributed by atoms with Crippen LogP contribution in [0.3, 0.4) is 0 Å². The van der Waals surface area contributed by atoms with Gasteiger partial charge in [-0.2, -0.15) is 0 Å². The van der Waals surface area contributed by atoms with E-state index in [0.717, 1.165) is 6.07 Å². The Bertz CT molecular complexity index is 797. The second-order valence-electron chi connectivity index (χ2n) is 5.44. The molecule has 1 atom stereocenters. The number of carbonyl (C=O) groups is 2. The largest absolute Gasteiger partial charge is 0.494 e. The summed E-state index contributed by atoms with van der Waals surface area (Å²) < 4.78 is 28.7. The van der Waals surface area contributed by atoms with Gasteiger partial charge in [-0.25, -0.2) is 9.18 Å². The molecule has 0 spiro atoms. The molecule has 1 unspecified atom stereocenters. The Morgan fingerprint density at radius 2 is 1.74 bits per heavy atom. The van der Waals surface area contributed by atoms with Gasteiger partial charge in [-0.3, -0.25) is 4.79 Å². The maximum Gasteiger partial charge on any atom is 0.344 e. The molecular weight excluding hydrogens is 377 g/mol. The molecule has 0 fully saturated rings. The number of carbonyl (C=O) groups excluding carboxylic acids is 2. The predicted molar refractivity (Wildman–Crippen MR) is 98.7 cm³/mol. The zero-order chi connectivity index (χ0) is 19.8. The van der Waals surface area contributed by atoms with Crippen molar-refractivity contribution in [3.05, 3.63) is 53.3 Å². The van der Waals surface area contributed by atoms with Crippen LogP contribution in [0, 0.1) is 5.82 Å². The lowest BCUT2D eigenvalue weighted by Gasteiger charge is -2.14. The van der Waals surface area contributed by atoms with Crippen LogP contribution in [0.5, 0.6) is 11.5 Å². The van der Waals surface area contributed by atoms with Crippen LogP contribution in [0.25, 0.3) is 0 Å². The quantitative estimate of drug-likeness (QED) is 0.688. The predicted octanol–water partition coefficient (Wildman–Crippen LogP) is 3.83. The first-order valence-electron chi connectivity index (χ1n) is 8.20. The van der Waals surface area contributed by atoms with E-state index in [9.17, 15) is 14.0 Å². The van der Waals surface area contributed by atoms with Crippen LogP contribution in [0.1, 0.15) is 13.8 Å². The lowest BCUT2D eigenvalue weighted by atomic mass is 10.3.